The molecule has 1 aliphatic rings. The van der Waals surface area contributed by atoms with E-state index in [9.17, 15) is 9.59 Å². The van der Waals surface area contributed by atoms with Crippen LogP contribution < -0.4 is 29.6 Å². The SMILES string of the molecule is CCCOc1ccc(C(C)NC(=O)CNC(=O)c2ccc3c(c2)OCO3)cc1OCCC. The molecule has 1 unspecified atom stereocenters. The van der Waals surface area contributed by atoms with Gasteiger partial charge in [0.1, 0.15) is 0 Å². The van der Waals surface area contributed by atoms with Gasteiger partial charge in [0.2, 0.25) is 12.7 Å². The molecule has 0 aliphatic carbocycles. The number of hydrogen-bond donors (Lipinski definition) is 2. The number of nitrogens with one attached hydrogen (secondary N) is 2. The molecule has 0 aromatic heterocycles. The lowest BCUT2D eigenvalue weighted by atomic mass is 10.1. The van der Waals surface area contributed by atoms with Gasteiger partial charge in [-0.05, 0) is 55.7 Å². The van der Waals surface area contributed by atoms with Crippen molar-refractivity contribution in [3.63, 3.8) is 0 Å². The van der Waals surface area contributed by atoms with Crippen molar-refractivity contribution < 1.29 is 28.5 Å². The lowest BCUT2D eigenvalue weighted by Gasteiger charge is -2.18. The molecule has 172 valence electrons. The van der Waals surface area contributed by atoms with Crippen molar-refractivity contribution in [3.8, 4) is 23.0 Å². The van der Waals surface area contributed by atoms with Crippen molar-refractivity contribution in [2.75, 3.05) is 26.6 Å². The quantitative estimate of drug-likeness (QED) is 0.552. The number of amides is 2. The number of carbonyl (C=O) groups excluding carboxylic acids is 2. The Balaban J connectivity index is 1.55. The fraction of sp³-hybridized carbons (Fsp3) is 0.417. The summed E-state index contributed by atoms with van der Waals surface area (Å²) in [6, 6.07) is 10.3. The summed E-state index contributed by atoms with van der Waals surface area (Å²) in [7, 11) is 0. The minimum absolute atomic E-state index is 0.137. The predicted octanol–water partition coefficient (Wildman–Crippen LogP) is 3.60. The Morgan fingerprint density at radius 2 is 1.69 bits per heavy atom. The highest BCUT2D eigenvalue weighted by molar-refractivity contribution is 5.97. The molecule has 0 saturated carbocycles. The number of ether oxygens (including phenoxy) is 4. The molecule has 32 heavy (non-hydrogen) atoms. The second kappa shape index (κ2) is 11.3. The monoisotopic (exact) mass is 442 g/mol. The van der Waals surface area contributed by atoms with Crippen LogP contribution in [0.25, 0.3) is 0 Å². The van der Waals surface area contributed by atoms with Crippen LogP contribution in [0.5, 0.6) is 23.0 Å². The predicted molar refractivity (Wildman–Crippen MR) is 119 cm³/mol. The van der Waals surface area contributed by atoms with E-state index in [1.807, 2.05) is 39.0 Å². The third kappa shape index (κ3) is 6.06. The summed E-state index contributed by atoms with van der Waals surface area (Å²) in [5.41, 5.74) is 1.28. The van der Waals surface area contributed by atoms with Gasteiger partial charge in [-0.25, -0.2) is 0 Å². The molecule has 0 fully saturated rings. The van der Waals surface area contributed by atoms with E-state index in [1.54, 1.807) is 18.2 Å². The van der Waals surface area contributed by atoms with Crippen molar-refractivity contribution in [1.29, 1.82) is 0 Å². The molecule has 2 amide bonds. The van der Waals surface area contributed by atoms with E-state index in [0.29, 0.717) is 41.8 Å². The van der Waals surface area contributed by atoms with Crippen LogP contribution in [0.2, 0.25) is 0 Å². The van der Waals surface area contributed by atoms with Gasteiger partial charge in [0.15, 0.2) is 23.0 Å². The second-order valence-electron chi connectivity index (χ2n) is 7.44. The number of carbonyl (C=O) groups is 2. The highest BCUT2D eigenvalue weighted by atomic mass is 16.7. The first-order valence-electron chi connectivity index (χ1n) is 10.9. The molecule has 2 aromatic rings. The maximum atomic E-state index is 12.4. The number of benzene rings is 2. The van der Waals surface area contributed by atoms with Crippen LogP contribution in [-0.2, 0) is 4.79 Å². The molecule has 8 heteroatoms. The third-order valence-corrected chi connectivity index (χ3v) is 4.81. The molecule has 3 rings (SSSR count). The molecule has 0 saturated heterocycles. The van der Waals surface area contributed by atoms with Gasteiger partial charge < -0.3 is 29.6 Å². The second-order valence-corrected chi connectivity index (χ2v) is 7.44. The summed E-state index contributed by atoms with van der Waals surface area (Å²) in [5.74, 6) is 1.81. The molecule has 1 atom stereocenters. The maximum Gasteiger partial charge on any atom is 0.251 e. The highest BCUT2D eigenvalue weighted by Gasteiger charge is 2.18. The zero-order valence-electron chi connectivity index (χ0n) is 18.7. The first-order chi connectivity index (χ1) is 15.5. The standard InChI is InChI=1S/C24H30N2O6/c1-4-10-29-19-8-6-17(12-21(19)30-11-5-2)16(3)26-23(27)14-25-24(28)18-7-9-20-22(13-18)32-15-31-20/h6-9,12-13,16H,4-5,10-11,14-15H2,1-3H3,(H,25,28)(H,26,27). The van der Waals surface area contributed by atoms with E-state index in [2.05, 4.69) is 10.6 Å². The van der Waals surface area contributed by atoms with Crippen molar-refractivity contribution in [2.45, 2.75) is 39.7 Å². The molecular weight excluding hydrogens is 412 g/mol. The summed E-state index contributed by atoms with van der Waals surface area (Å²) in [6.07, 6.45) is 1.78. The van der Waals surface area contributed by atoms with E-state index in [0.717, 1.165) is 18.4 Å². The van der Waals surface area contributed by atoms with E-state index >= 15 is 0 Å². The lowest BCUT2D eigenvalue weighted by molar-refractivity contribution is -0.120. The van der Waals surface area contributed by atoms with E-state index in [4.69, 9.17) is 18.9 Å². The van der Waals surface area contributed by atoms with Crippen LogP contribution >= 0.6 is 0 Å². The minimum Gasteiger partial charge on any atom is -0.490 e. The average molecular weight is 443 g/mol. The summed E-state index contributed by atoms with van der Waals surface area (Å²) >= 11 is 0. The molecule has 0 spiro atoms. The van der Waals surface area contributed by atoms with Gasteiger partial charge in [0.05, 0.1) is 25.8 Å². The average Bonchev–Trinajstić information content (AvgIpc) is 3.28. The van der Waals surface area contributed by atoms with Gasteiger partial charge in [-0.3, -0.25) is 9.59 Å². The maximum absolute atomic E-state index is 12.4. The van der Waals surface area contributed by atoms with Crippen LogP contribution in [0.15, 0.2) is 36.4 Å². The largest absolute Gasteiger partial charge is 0.490 e. The Kier molecular flexibility index (Phi) is 8.19. The van der Waals surface area contributed by atoms with Crippen molar-refractivity contribution in [1.82, 2.24) is 10.6 Å². The van der Waals surface area contributed by atoms with E-state index < -0.39 is 0 Å². The van der Waals surface area contributed by atoms with Crippen LogP contribution in [0.4, 0.5) is 0 Å². The van der Waals surface area contributed by atoms with E-state index in [-0.39, 0.29) is 31.2 Å². The highest BCUT2D eigenvalue weighted by Crippen LogP contribution is 2.33. The van der Waals surface area contributed by atoms with Crippen molar-refractivity contribution in [3.05, 3.63) is 47.5 Å². The van der Waals surface area contributed by atoms with E-state index in [1.165, 1.54) is 0 Å². The van der Waals surface area contributed by atoms with Crippen LogP contribution in [-0.4, -0.2) is 38.4 Å². The zero-order chi connectivity index (χ0) is 22.9. The van der Waals surface area contributed by atoms with Gasteiger partial charge in [-0.1, -0.05) is 19.9 Å². The summed E-state index contributed by atoms with van der Waals surface area (Å²) < 4.78 is 22.1. The number of rotatable bonds is 11. The molecule has 2 aromatic carbocycles. The fourth-order valence-corrected chi connectivity index (χ4v) is 3.13. The normalized spacial score (nSPS) is 12.7. The molecule has 0 radical (unpaired) electrons. The van der Waals surface area contributed by atoms with Crippen LogP contribution in [0.3, 0.4) is 0 Å². The van der Waals surface area contributed by atoms with Gasteiger partial charge in [-0.2, -0.15) is 0 Å². The summed E-state index contributed by atoms with van der Waals surface area (Å²) in [6.45, 7) is 7.14. The van der Waals surface area contributed by atoms with Gasteiger partial charge in [-0.15, -0.1) is 0 Å². The first-order valence-corrected chi connectivity index (χ1v) is 10.9. The summed E-state index contributed by atoms with van der Waals surface area (Å²) in [4.78, 5) is 24.7. The van der Waals surface area contributed by atoms with Crippen molar-refractivity contribution in [2.24, 2.45) is 0 Å². The summed E-state index contributed by atoms with van der Waals surface area (Å²) in [5, 5.41) is 5.52. The van der Waals surface area contributed by atoms with Gasteiger partial charge in [0.25, 0.3) is 5.91 Å². The van der Waals surface area contributed by atoms with Crippen LogP contribution in [0.1, 0.15) is 55.6 Å². The zero-order valence-corrected chi connectivity index (χ0v) is 18.7. The Hall–Kier alpha value is -3.42. The molecule has 0 bridgehead atoms. The fourth-order valence-electron chi connectivity index (χ4n) is 3.13. The Morgan fingerprint density at radius 1 is 0.969 bits per heavy atom. The Bertz CT molecular complexity index is 946. The van der Waals surface area contributed by atoms with Gasteiger partial charge in [0, 0.05) is 5.56 Å². The smallest absolute Gasteiger partial charge is 0.251 e. The third-order valence-electron chi connectivity index (χ3n) is 4.81. The Morgan fingerprint density at radius 3 is 2.44 bits per heavy atom. The lowest BCUT2D eigenvalue weighted by Crippen LogP contribution is -2.38. The minimum atomic E-state index is -0.362. The molecular formula is C24H30N2O6. The van der Waals surface area contributed by atoms with Crippen LogP contribution in [0, 0.1) is 0 Å². The molecule has 1 heterocycles. The molecule has 1 aliphatic heterocycles. The van der Waals surface area contributed by atoms with Crippen molar-refractivity contribution >= 4 is 11.8 Å². The Labute approximate surface area is 188 Å². The first kappa shape index (κ1) is 23.2. The topological polar surface area (TPSA) is 95.1 Å². The molecule has 2 N–H and O–H groups in total. The number of fused-ring (bicyclic) bond motifs is 1. The molecule has 8 nitrogen and oxygen atoms in total. The number of hydrogen-bond acceptors (Lipinski definition) is 6. The van der Waals surface area contributed by atoms with Gasteiger partial charge >= 0.3 is 0 Å².